The van der Waals surface area contributed by atoms with E-state index in [2.05, 4.69) is 31.0 Å². The summed E-state index contributed by atoms with van der Waals surface area (Å²) < 4.78 is 23.3. The van der Waals surface area contributed by atoms with Crippen LogP contribution in [0.5, 0.6) is 0 Å². The van der Waals surface area contributed by atoms with Crippen LogP contribution in [0.2, 0.25) is 0 Å². The minimum absolute atomic E-state index is 0.0631. The first-order chi connectivity index (χ1) is 9.84. The van der Waals surface area contributed by atoms with Gasteiger partial charge in [0.25, 0.3) is 0 Å². The molecular formula is C14H25N3O2S2. The van der Waals surface area contributed by atoms with Crippen LogP contribution in [0, 0.1) is 0 Å². The minimum Gasteiger partial charge on any atom is -0.347 e. The Bertz CT molecular complexity index is 581. The molecule has 1 aliphatic heterocycles. The number of hydrogen-bond donors (Lipinski definition) is 1. The topological polar surface area (TPSA) is 62.3 Å². The molecule has 1 unspecified atom stereocenters. The van der Waals surface area contributed by atoms with Crippen molar-refractivity contribution in [3.8, 4) is 0 Å². The molecule has 0 aromatic carbocycles. The predicted molar refractivity (Wildman–Crippen MR) is 89.0 cm³/mol. The Morgan fingerprint density at radius 1 is 1.48 bits per heavy atom. The highest BCUT2D eigenvalue weighted by molar-refractivity contribution is 7.91. The molecule has 2 heterocycles. The van der Waals surface area contributed by atoms with Crippen molar-refractivity contribution in [3.63, 3.8) is 0 Å². The largest absolute Gasteiger partial charge is 0.347 e. The molecule has 0 bridgehead atoms. The summed E-state index contributed by atoms with van der Waals surface area (Å²) >= 11 is 1.68. The molecule has 120 valence electrons. The molecule has 1 saturated heterocycles. The van der Waals surface area contributed by atoms with Crippen LogP contribution in [0.25, 0.3) is 0 Å². The Morgan fingerprint density at radius 2 is 2.19 bits per heavy atom. The van der Waals surface area contributed by atoms with E-state index in [9.17, 15) is 8.42 Å². The minimum atomic E-state index is -2.86. The number of thiazole rings is 1. The van der Waals surface area contributed by atoms with E-state index in [0.29, 0.717) is 18.1 Å². The highest BCUT2D eigenvalue weighted by Crippen LogP contribution is 2.32. The lowest BCUT2D eigenvalue weighted by Crippen LogP contribution is -2.32. The first kappa shape index (κ1) is 16.7. The van der Waals surface area contributed by atoms with Crippen LogP contribution in [0.1, 0.15) is 43.7 Å². The van der Waals surface area contributed by atoms with Crippen molar-refractivity contribution < 1.29 is 8.42 Å². The molecule has 1 atom stereocenters. The number of rotatable bonds is 6. The molecule has 7 heteroatoms. The van der Waals surface area contributed by atoms with Crippen molar-refractivity contribution in [2.45, 2.75) is 45.7 Å². The number of nitrogens with zero attached hydrogens (tertiary/aromatic N) is 2. The Balaban J connectivity index is 2.19. The normalized spacial score (nSPS) is 21.1. The third-order valence-corrected chi connectivity index (χ3v) is 6.77. The summed E-state index contributed by atoms with van der Waals surface area (Å²) in [5, 5.41) is 4.29. The molecule has 0 aliphatic carbocycles. The molecule has 21 heavy (non-hydrogen) atoms. The molecule has 5 nitrogen and oxygen atoms in total. The quantitative estimate of drug-likeness (QED) is 0.864. The molecule has 2 rings (SSSR count). The number of aromatic nitrogens is 1. The van der Waals surface area contributed by atoms with E-state index in [1.807, 2.05) is 7.05 Å². The first-order valence-electron chi connectivity index (χ1n) is 7.47. The van der Waals surface area contributed by atoms with Crippen molar-refractivity contribution in [3.05, 3.63) is 10.6 Å². The van der Waals surface area contributed by atoms with Gasteiger partial charge < -0.3 is 10.2 Å². The molecular weight excluding hydrogens is 306 g/mol. The SMILES string of the molecule is CCNCc1sc(N(C)C2CCS(=O)(=O)C2)nc1C(C)C. The fourth-order valence-corrected chi connectivity index (χ4v) is 5.55. The molecule has 1 N–H and O–H groups in total. The van der Waals surface area contributed by atoms with Crippen LogP contribution in [0.3, 0.4) is 0 Å². The Morgan fingerprint density at radius 3 is 2.71 bits per heavy atom. The van der Waals surface area contributed by atoms with Gasteiger partial charge in [0.05, 0.1) is 17.2 Å². The van der Waals surface area contributed by atoms with Gasteiger partial charge in [0.2, 0.25) is 0 Å². The van der Waals surface area contributed by atoms with Crippen LogP contribution >= 0.6 is 11.3 Å². The van der Waals surface area contributed by atoms with Gasteiger partial charge in [-0.25, -0.2) is 13.4 Å². The number of anilines is 1. The molecule has 1 aromatic rings. The lowest BCUT2D eigenvalue weighted by Gasteiger charge is -2.22. The van der Waals surface area contributed by atoms with Gasteiger partial charge in [-0.1, -0.05) is 20.8 Å². The summed E-state index contributed by atoms with van der Waals surface area (Å²) in [6, 6.07) is 0.0631. The molecule has 0 saturated carbocycles. The van der Waals surface area contributed by atoms with Crippen molar-refractivity contribution in [2.75, 3.05) is 30.0 Å². The molecule has 1 fully saturated rings. The van der Waals surface area contributed by atoms with E-state index < -0.39 is 9.84 Å². The third-order valence-electron chi connectivity index (χ3n) is 3.86. The molecule has 1 aromatic heterocycles. The lowest BCUT2D eigenvalue weighted by atomic mass is 10.1. The van der Waals surface area contributed by atoms with E-state index in [-0.39, 0.29) is 11.8 Å². The Hall–Kier alpha value is -0.660. The van der Waals surface area contributed by atoms with E-state index >= 15 is 0 Å². The maximum Gasteiger partial charge on any atom is 0.185 e. The number of hydrogen-bond acceptors (Lipinski definition) is 6. The zero-order valence-electron chi connectivity index (χ0n) is 13.2. The van der Waals surface area contributed by atoms with E-state index in [1.165, 1.54) is 4.88 Å². The van der Waals surface area contributed by atoms with E-state index in [4.69, 9.17) is 4.98 Å². The Kier molecular flexibility index (Phi) is 5.27. The van der Waals surface area contributed by atoms with Crippen molar-refractivity contribution in [1.82, 2.24) is 10.3 Å². The van der Waals surface area contributed by atoms with Crippen LogP contribution in [0.15, 0.2) is 0 Å². The average molecular weight is 332 g/mol. The monoisotopic (exact) mass is 331 g/mol. The average Bonchev–Trinajstić information content (AvgIpc) is 2.99. The predicted octanol–water partition coefficient (Wildman–Crippen LogP) is 2.00. The van der Waals surface area contributed by atoms with Gasteiger partial charge in [-0.3, -0.25) is 0 Å². The maximum atomic E-state index is 11.6. The summed E-state index contributed by atoms with van der Waals surface area (Å²) in [7, 11) is -0.896. The molecule has 0 amide bonds. The lowest BCUT2D eigenvalue weighted by molar-refractivity contribution is 0.600. The fourth-order valence-electron chi connectivity index (χ4n) is 2.55. The highest BCUT2D eigenvalue weighted by Gasteiger charge is 2.32. The van der Waals surface area contributed by atoms with Crippen molar-refractivity contribution in [2.24, 2.45) is 0 Å². The highest BCUT2D eigenvalue weighted by atomic mass is 32.2. The van der Waals surface area contributed by atoms with E-state index in [0.717, 1.165) is 23.9 Å². The fraction of sp³-hybridized carbons (Fsp3) is 0.786. The van der Waals surface area contributed by atoms with Crippen LogP contribution in [0.4, 0.5) is 5.13 Å². The molecule has 0 radical (unpaired) electrons. The zero-order chi connectivity index (χ0) is 15.6. The van der Waals surface area contributed by atoms with Crippen molar-refractivity contribution >= 4 is 26.3 Å². The van der Waals surface area contributed by atoms with Gasteiger partial charge in [-0.05, 0) is 18.9 Å². The summed E-state index contributed by atoms with van der Waals surface area (Å²) in [5.41, 5.74) is 1.13. The molecule has 1 aliphatic rings. The van der Waals surface area contributed by atoms with Crippen LogP contribution in [-0.4, -0.2) is 44.5 Å². The van der Waals surface area contributed by atoms with Gasteiger partial charge >= 0.3 is 0 Å². The summed E-state index contributed by atoms with van der Waals surface area (Å²) in [6.07, 6.45) is 0.706. The number of sulfone groups is 1. The Labute approximate surface area is 131 Å². The zero-order valence-corrected chi connectivity index (χ0v) is 14.9. The number of nitrogens with one attached hydrogen (secondary N) is 1. The second-order valence-corrected chi connectivity index (χ2v) is 9.20. The van der Waals surface area contributed by atoms with Crippen LogP contribution < -0.4 is 10.2 Å². The van der Waals surface area contributed by atoms with Crippen LogP contribution in [-0.2, 0) is 16.4 Å². The van der Waals surface area contributed by atoms with Gasteiger partial charge in [0, 0.05) is 24.5 Å². The second kappa shape index (κ2) is 6.62. The van der Waals surface area contributed by atoms with E-state index in [1.54, 1.807) is 11.3 Å². The summed E-state index contributed by atoms with van der Waals surface area (Å²) in [5.74, 6) is 0.932. The van der Waals surface area contributed by atoms with Gasteiger partial charge in [-0.2, -0.15) is 0 Å². The second-order valence-electron chi connectivity index (χ2n) is 5.91. The third kappa shape index (κ3) is 3.96. The van der Waals surface area contributed by atoms with Gasteiger partial charge in [0.15, 0.2) is 15.0 Å². The van der Waals surface area contributed by atoms with Crippen molar-refractivity contribution in [1.29, 1.82) is 0 Å². The van der Waals surface area contributed by atoms with Gasteiger partial charge in [0.1, 0.15) is 0 Å². The summed E-state index contributed by atoms with van der Waals surface area (Å²) in [6.45, 7) is 8.15. The van der Waals surface area contributed by atoms with Gasteiger partial charge in [-0.15, -0.1) is 11.3 Å². The maximum absolute atomic E-state index is 11.6. The summed E-state index contributed by atoms with van der Waals surface area (Å²) in [4.78, 5) is 8.08. The first-order valence-corrected chi connectivity index (χ1v) is 10.1. The standard InChI is InChI=1S/C14H25N3O2S2/c1-5-15-8-12-13(10(2)3)16-14(20-12)17(4)11-6-7-21(18,19)9-11/h10-11,15H,5-9H2,1-4H3. The smallest absolute Gasteiger partial charge is 0.185 e. The molecule has 0 spiro atoms.